The molecule has 0 aliphatic carbocycles. The predicted octanol–water partition coefficient (Wildman–Crippen LogP) is 4.74. The number of halogens is 2. The molecule has 0 spiro atoms. The van der Waals surface area contributed by atoms with Crippen LogP contribution in [-0.2, 0) is 6.54 Å². The Bertz CT molecular complexity index is 1040. The molecule has 4 rings (SSSR count). The highest BCUT2D eigenvalue weighted by molar-refractivity contribution is 6.31. The second-order valence-corrected chi connectivity index (χ2v) is 5.96. The molecule has 5 nitrogen and oxygen atoms in total. The zero-order chi connectivity index (χ0) is 19.6. The van der Waals surface area contributed by atoms with Crippen molar-refractivity contribution in [3.63, 3.8) is 0 Å². The normalized spacial score (nSPS) is 12.1. The predicted molar refractivity (Wildman–Crippen MR) is 103 cm³/mol. The van der Waals surface area contributed by atoms with Crippen molar-refractivity contribution in [3.05, 3.63) is 82.1 Å². The lowest BCUT2D eigenvalue weighted by Crippen LogP contribution is -2.09. The van der Waals surface area contributed by atoms with Gasteiger partial charge in [0.2, 0.25) is 0 Å². The summed E-state index contributed by atoms with van der Waals surface area (Å²) in [6.45, 7) is 4.13. The van der Waals surface area contributed by atoms with Crippen LogP contribution in [0, 0.1) is 5.82 Å². The Morgan fingerprint density at radius 2 is 1.93 bits per heavy atom. The molecule has 0 fully saturated rings. The lowest BCUT2D eigenvalue weighted by Gasteiger charge is -2.12. The highest BCUT2D eigenvalue weighted by Gasteiger charge is 2.23. The van der Waals surface area contributed by atoms with E-state index >= 15 is 0 Å². The zero-order valence-electron chi connectivity index (χ0n) is 14.8. The van der Waals surface area contributed by atoms with Crippen LogP contribution in [0.5, 0.6) is 0 Å². The molecule has 1 N–H and O–H groups in total. The van der Waals surface area contributed by atoms with Gasteiger partial charge in [-0.1, -0.05) is 37.6 Å². The molecule has 2 aromatic carbocycles. The maximum Gasteiger partial charge on any atom is 0.356 e. The fourth-order valence-electron chi connectivity index (χ4n) is 2.87. The molecule has 2 heterocycles. The molecule has 0 unspecified atom stereocenters. The molecule has 0 atom stereocenters. The van der Waals surface area contributed by atoms with Gasteiger partial charge in [-0.15, -0.1) is 0 Å². The van der Waals surface area contributed by atoms with Crippen LogP contribution in [0.2, 0.25) is 5.02 Å². The lowest BCUT2D eigenvalue weighted by molar-refractivity contribution is 0.0691. The van der Waals surface area contributed by atoms with Gasteiger partial charge in [-0.3, -0.25) is 4.99 Å². The molecule has 1 aliphatic rings. The fraction of sp³-hybridized carbons (Fsp3) is 0.150. The number of rotatable bonds is 2. The molecule has 0 saturated carbocycles. The van der Waals surface area contributed by atoms with E-state index in [0.29, 0.717) is 33.4 Å². The Labute approximate surface area is 160 Å². The van der Waals surface area contributed by atoms with E-state index in [4.69, 9.17) is 11.6 Å². The van der Waals surface area contributed by atoms with E-state index in [2.05, 4.69) is 9.98 Å². The van der Waals surface area contributed by atoms with Crippen LogP contribution in [0.25, 0.3) is 5.69 Å². The smallest absolute Gasteiger partial charge is 0.356 e. The summed E-state index contributed by atoms with van der Waals surface area (Å²) in [5.74, 6) is -1.04. The van der Waals surface area contributed by atoms with Gasteiger partial charge in [-0.2, -0.15) is 0 Å². The summed E-state index contributed by atoms with van der Waals surface area (Å²) in [7, 11) is 0. The number of aromatic carboxylic acids is 1. The largest absolute Gasteiger partial charge is 0.476 e. The molecule has 3 aromatic rings. The Morgan fingerprint density at radius 3 is 2.63 bits per heavy atom. The van der Waals surface area contributed by atoms with Gasteiger partial charge in [-0.25, -0.2) is 14.2 Å². The Hall–Kier alpha value is -2.99. The third-order valence-corrected chi connectivity index (χ3v) is 4.21. The van der Waals surface area contributed by atoms with Crippen molar-refractivity contribution in [1.82, 2.24) is 9.55 Å². The van der Waals surface area contributed by atoms with Crippen LogP contribution >= 0.6 is 11.6 Å². The monoisotopic (exact) mass is 385 g/mol. The first-order chi connectivity index (χ1) is 13.0. The highest BCUT2D eigenvalue weighted by atomic mass is 35.5. The van der Waals surface area contributed by atoms with Crippen LogP contribution in [0.4, 0.5) is 4.39 Å². The zero-order valence-corrected chi connectivity index (χ0v) is 15.5. The first-order valence-corrected chi connectivity index (χ1v) is 8.83. The standard InChI is InChI=1S/C18H11ClFN3O2.C2H6/c19-10-5-6-15-12(7-10)17(11-3-1-2-4-13(11)20)21-8-16-22-14(18(24)25)9-23(15)16;1-2/h1-7,9H,8H2,(H,24,25);1-2H3. The van der Waals surface area contributed by atoms with Crippen molar-refractivity contribution in [2.24, 2.45) is 4.99 Å². The van der Waals surface area contributed by atoms with Gasteiger partial charge in [-0.05, 0) is 30.3 Å². The molecule has 138 valence electrons. The molecule has 1 aromatic heterocycles. The summed E-state index contributed by atoms with van der Waals surface area (Å²) in [6.07, 6.45) is 1.43. The number of benzene rings is 2. The summed E-state index contributed by atoms with van der Waals surface area (Å²) < 4.78 is 16.0. The molecule has 7 heteroatoms. The maximum atomic E-state index is 14.3. The minimum atomic E-state index is -1.12. The van der Waals surface area contributed by atoms with Crippen molar-refractivity contribution >= 4 is 23.3 Å². The summed E-state index contributed by atoms with van der Waals surface area (Å²) in [6, 6.07) is 11.5. The topological polar surface area (TPSA) is 67.5 Å². The van der Waals surface area contributed by atoms with Gasteiger partial charge in [0, 0.05) is 22.3 Å². The first kappa shape index (κ1) is 18.8. The second kappa shape index (κ2) is 7.72. The highest BCUT2D eigenvalue weighted by Crippen LogP contribution is 2.28. The number of carboxylic acid groups (broad SMARTS) is 1. The van der Waals surface area contributed by atoms with Crippen molar-refractivity contribution in [2.45, 2.75) is 20.4 Å². The van der Waals surface area contributed by atoms with Gasteiger partial charge in [0.25, 0.3) is 0 Å². The lowest BCUT2D eigenvalue weighted by atomic mass is 10.00. The fourth-order valence-corrected chi connectivity index (χ4v) is 3.04. The minimum Gasteiger partial charge on any atom is -0.476 e. The summed E-state index contributed by atoms with van der Waals surface area (Å²) in [5, 5.41) is 9.66. The van der Waals surface area contributed by atoms with Gasteiger partial charge in [0.05, 0.1) is 17.9 Å². The number of fused-ring (bicyclic) bond motifs is 3. The van der Waals surface area contributed by atoms with Crippen molar-refractivity contribution in [3.8, 4) is 5.69 Å². The molecule has 0 radical (unpaired) electrons. The number of imidazole rings is 1. The van der Waals surface area contributed by atoms with E-state index < -0.39 is 11.8 Å². The molecule has 27 heavy (non-hydrogen) atoms. The van der Waals surface area contributed by atoms with Crippen LogP contribution in [-0.4, -0.2) is 26.3 Å². The molecule has 0 bridgehead atoms. The van der Waals surface area contributed by atoms with Crippen LogP contribution in [0.15, 0.2) is 53.7 Å². The number of hydrogen-bond acceptors (Lipinski definition) is 3. The van der Waals surface area contributed by atoms with E-state index in [1.165, 1.54) is 12.3 Å². The number of carbonyl (C=O) groups is 1. The summed E-state index contributed by atoms with van der Waals surface area (Å²) in [5.41, 5.74) is 2.01. The summed E-state index contributed by atoms with van der Waals surface area (Å²) >= 11 is 6.14. The van der Waals surface area contributed by atoms with Gasteiger partial charge in [0.15, 0.2) is 5.69 Å². The van der Waals surface area contributed by atoms with E-state index in [1.807, 2.05) is 13.8 Å². The third-order valence-electron chi connectivity index (χ3n) is 3.98. The third kappa shape index (κ3) is 3.48. The van der Waals surface area contributed by atoms with E-state index in [0.717, 1.165) is 0 Å². The maximum absolute atomic E-state index is 14.3. The molecule has 0 saturated heterocycles. The Kier molecular flexibility index (Phi) is 5.37. The number of hydrogen-bond donors (Lipinski definition) is 1. The van der Waals surface area contributed by atoms with Crippen LogP contribution < -0.4 is 0 Å². The number of aromatic nitrogens is 2. The first-order valence-electron chi connectivity index (χ1n) is 8.46. The molecular formula is C20H17ClFN3O2. The van der Waals surface area contributed by atoms with E-state index in [9.17, 15) is 14.3 Å². The Morgan fingerprint density at radius 1 is 1.19 bits per heavy atom. The second-order valence-electron chi connectivity index (χ2n) is 5.52. The molecule has 1 aliphatic heterocycles. The van der Waals surface area contributed by atoms with Crippen molar-refractivity contribution in [1.29, 1.82) is 0 Å². The van der Waals surface area contributed by atoms with E-state index in [1.54, 1.807) is 41.0 Å². The van der Waals surface area contributed by atoms with Crippen molar-refractivity contribution in [2.75, 3.05) is 0 Å². The van der Waals surface area contributed by atoms with Gasteiger partial charge in [0.1, 0.15) is 11.6 Å². The van der Waals surface area contributed by atoms with Crippen LogP contribution in [0.1, 0.15) is 41.3 Å². The average molecular weight is 386 g/mol. The number of aliphatic imine (C=N–C) groups is 1. The van der Waals surface area contributed by atoms with Crippen LogP contribution in [0.3, 0.4) is 0 Å². The van der Waals surface area contributed by atoms with Gasteiger partial charge < -0.3 is 9.67 Å². The average Bonchev–Trinajstić information content (AvgIpc) is 3.04. The minimum absolute atomic E-state index is 0.0690. The summed E-state index contributed by atoms with van der Waals surface area (Å²) in [4.78, 5) is 19.8. The quantitative estimate of drug-likeness (QED) is 0.692. The Balaban J connectivity index is 0.00000102. The molecular weight excluding hydrogens is 369 g/mol. The van der Waals surface area contributed by atoms with E-state index in [-0.39, 0.29) is 12.2 Å². The van der Waals surface area contributed by atoms with Crippen molar-refractivity contribution < 1.29 is 14.3 Å². The number of nitrogens with zero attached hydrogens (tertiary/aromatic N) is 3. The molecule has 0 amide bonds. The van der Waals surface area contributed by atoms with Gasteiger partial charge >= 0.3 is 5.97 Å². The number of carboxylic acids is 1. The SMILES string of the molecule is CC.O=C(O)c1cn2c(n1)CN=C(c1ccccc1F)c1cc(Cl)ccc1-2.